The first kappa shape index (κ1) is 20.5. The Kier molecular flexibility index (Phi) is 6.25. The van der Waals surface area contributed by atoms with Gasteiger partial charge in [-0.25, -0.2) is 0 Å². The van der Waals surface area contributed by atoms with Crippen LogP contribution in [0.25, 0.3) is 10.8 Å². The molecule has 0 fully saturated rings. The number of amides is 1. The maximum absolute atomic E-state index is 12.1. The second kappa shape index (κ2) is 8.84. The zero-order chi connectivity index (χ0) is 21.0. The highest BCUT2D eigenvalue weighted by Crippen LogP contribution is 2.33. The van der Waals surface area contributed by atoms with E-state index in [0.29, 0.717) is 5.75 Å². The molecule has 0 aliphatic heterocycles. The van der Waals surface area contributed by atoms with E-state index in [2.05, 4.69) is 26.6 Å². The average Bonchev–Trinajstić information content (AvgIpc) is 2.69. The largest absolute Gasteiger partial charge is 0.506 e. The maximum Gasteiger partial charge on any atom is 0.273 e. The van der Waals surface area contributed by atoms with Gasteiger partial charge in [-0.2, -0.15) is 0 Å². The molecule has 3 aromatic rings. The van der Waals surface area contributed by atoms with Crippen LogP contribution in [0, 0.1) is 10.1 Å². The summed E-state index contributed by atoms with van der Waals surface area (Å²) in [6, 6.07) is 14.8. The van der Waals surface area contributed by atoms with Crippen LogP contribution in [0.2, 0.25) is 0 Å². The van der Waals surface area contributed by atoms with Gasteiger partial charge >= 0.3 is 0 Å². The standard InChI is InChI=1S/C19H14BrN3O5S/c20-18-13-4-2-1-3-11(13)5-8-16(18)28-10-17(25)22-19(29)21-14-7-6-12(23(26)27)9-15(14)24/h1-9,24H,10H2,(H2,21,22,25,29). The van der Waals surface area contributed by atoms with Crippen molar-refractivity contribution in [2.75, 3.05) is 11.9 Å². The van der Waals surface area contributed by atoms with Gasteiger partial charge in [0.2, 0.25) is 0 Å². The molecule has 10 heteroatoms. The Morgan fingerprint density at radius 3 is 2.69 bits per heavy atom. The van der Waals surface area contributed by atoms with Crippen LogP contribution in [0.5, 0.6) is 11.5 Å². The fourth-order valence-corrected chi connectivity index (χ4v) is 3.36. The molecule has 3 aromatic carbocycles. The third-order valence-electron chi connectivity index (χ3n) is 3.88. The van der Waals surface area contributed by atoms with Crippen molar-refractivity contribution >= 4 is 61.3 Å². The van der Waals surface area contributed by atoms with E-state index in [9.17, 15) is 20.0 Å². The predicted molar refractivity (Wildman–Crippen MR) is 116 cm³/mol. The molecule has 0 spiro atoms. The summed E-state index contributed by atoms with van der Waals surface area (Å²) in [5.74, 6) is -0.373. The van der Waals surface area contributed by atoms with Gasteiger partial charge in [-0.1, -0.05) is 30.3 Å². The number of aromatic hydroxyl groups is 1. The molecule has 0 aliphatic rings. The van der Waals surface area contributed by atoms with Crippen molar-refractivity contribution in [1.29, 1.82) is 0 Å². The summed E-state index contributed by atoms with van der Waals surface area (Å²) < 4.78 is 6.29. The summed E-state index contributed by atoms with van der Waals surface area (Å²) in [5, 5.41) is 27.4. The van der Waals surface area contributed by atoms with Crippen molar-refractivity contribution in [2.24, 2.45) is 0 Å². The van der Waals surface area contributed by atoms with E-state index in [1.165, 1.54) is 12.1 Å². The topological polar surface area (TPSA) is 114 Å². The van der Waals surface area contributed by atoms with E-state index in [4.69, 9.17) is 17.0 Å². The summed E-state index contributed by atoms with van der Waals surface area (Å²) in [6.07, 6.45) is 0. The Labute approximate surface area is 178 Å². The molecule has 0 atom stereocenters. The minimum Gasteiger partial charge on any atom is -0.506 e. The van der Waals surface area contributed by atoms with Gasteiger partial charge in [-0.05, 0) is 51.1 Å². The highest BCUT2D eigenvalue weighted by molar-refractivity contribution is 9.10. The molecule has 29 heavy (non-hydrogen) atoms. The molecule has 0 aromatic heterocycles. The number of phenolic OH excluding ortho intramolecular Hbond substituents is 1. The van der Waals surface area contributed by atoms with Crippen molar-refractivity contribution in [3.05, 3.63) is 69.2 Å². The number of non-ortho nitro benzene ring substituents is 1. The Hall–Kier alpha value is -3.24. The number of rotatable bonds is 5. The van der Waals surface area contributed by atoms with E-state index >= 15 is 0 Å². The van der Waals surface area contributed by atoms with E-state index in [1.807, 2.05) is 30.3 Å². The normalized spacial score (nSPS) is 10.4. The van der Waals surface area contributed by atoms with Crippen molar-refractivity contribution < 1.29 is 19.6 Å². The molecular weight excluding hydrogens is 462 g/mol. The number of ether oxygens (including phenoxy) is 1. The van der Waals surface area contributed by atoms with Crippen LogP contribution in [-0.2, 0) is 4.79 Å². The number of carbonyl (C=O) groups is 1. The first-order chi connectivity index (χ1) is 13.8. The SMILES string of the molecule is O=C(COc1ccc2ccccc2c1Br)NC(=S)Nc1ccc([N+](=O)[O-])cc1O. The van der Waals surface area contributed by atoms with E-state index in [-0.39, 0.29) is 28.8 Å². The molecule has 0 unspecified atom stereocenters. The molecule has 8 nitrogen and oxygen atoms in total. The smallest absolute Gasteiger partial charge is 0.273 e. The average molecular weight is 476 g/mol. The van der Waals surface area contributed by atoms with Gasteiger partial charge in [0.25, 0.3) is 11.6 Å². The monoisotopic (exact) mass is 475 g/mol. The summed E-state index contributed by atoms with van der Waals surface area (Å²) in [6.45, 7) is -0.287. The first-order valence-corrected chi connectivity index (χ1v) is 9.43. The molecule has 148 valence electrons. The fourth-order valence-electron chi connectivity index (χ4n) is 2.52. The third-order valence-corrected chi connectivity index (χ3v) is 4.90. The lowest BCUT2D eigenvalue weighted by Crippen LogP contribution is -2.37. The second-order valence-electron chi connectivity index (χ2n) is 5.85. The van der Waals surface area contributed by atoms with E-state index in [0.717, 1.165) is 21.3 Å². The number of nitro benzene ring substituents is 1. The first-order valence-electron chi connectivity index (χ1n) is 8.23. The van der Waals surface area contributed by atoms with Crippen LogP contribution in [0.15, 0.2) is 59.1 Å². The van der Waals surface area contributed by atoms with Crippen molar-refractivity contribution in [2.45, 2.75) is 0 Å². The Morgan fingerprint density at radius 2 is 1.97 bits per heavy atom. The molecule has 3 rings (SSSR count). The highest BCUT2D eigenvalue weighted by Gasteiger charge is 2.13. The molecule has 0 saturated heterocycles. The van der Waals surface area contributed by atoms with Crippen LogP contribution >= 0.6 is 28.1 Å². The van der Waals surface area contributed by atoms with Crippen LogP contribution in [0.4, 0.5) is 11.4 Å². The van der Waals surface area contributed by atoms with Crippen LogP contribution in [0.3, 0.4) is 0 Å². The molecule has 0 radical (unpaired) electrons. The second-order valence-corrected chi connectivity index (χ2v) is 7.05. The van der Waals surface area contributed by atoms with Crippen molar-refractivity contribution in [1.82, 2.24) is 5.32 Å². The minimum absolute atomic E-state index is 0.0830. The molecule has 0 saturated carbocycles. The minimum atomic E-state index is -0.633. The number of hydrogen-bond donors (Lipinski definition) is 3. The molecule has 0 bridgehead atoms. The van der Waals surface area contributed by atoms with Crippen LogP contribution in [0.1, 0.15) is 0 Å². The number of anilines is 1. The van der Waals surface area contributed by atoms with Gasteiger partial charge < -0.3 is 15.2 Å². The number of nitrogens with zero attached hydrogens (tertiary/aromatic N) is 1. The number of thiocarbonyl (C=S) groups is 1. The molecular formula is C19H14BrN3O5S. The summed E-state index contributed by atoms with van der Waals surface area (Å²) in [7, 11) is 0. The van der Waals surface area contributed by atoms with Gasteiger partial charge in [0.1, 0.15) is 11.5 Å². The number of carbonyl (C=O) groups excluding carboxylic acids is 1. The lowest BCUT2D eigenvalue weighted by atomic mass is 10.1. The lowest BCUT2D eigenvalue weighted by Gasteiger charge is -2.12. The quantitative estimate of drug-likeness (QED) is 0.220. The van der Waals surface area contributed by atoms with Crippen molar-refractivity contribution in [3.63, 3.8) is 0 Å². The Bertz CT molecular complexity index is 1120. The third kappa shape index (κ3) is 4.98. The van der Waals surface area contributed by atoms with Gasteiger partial charge in [0.05, 0.1) is 21.1 Å². The predicted octanol–water partition coefficient (Wildman–Crippen LogP) is 4.11. The molecule has 0 heterocycles. The molecule has 1 amide bonds. The maximum atomic E-state index is 12.1. The van der Waals surface area contributed by atoms with Gasteiger partial charge in [-0.3, -0.25) is 20.2 Å². The number of benzene rings is 3. The molecule has 3 N–H and O–H groups in total. The molecule has 0 aliphatic carbocycles. The van der Waals surface area contributed by atoms with Gasteiger partial charge in [0, 0.05) is 6.07 Å². The number of nitrogens with one attached hydrogen (secondary N) is 2. The zero-order valence-corrected chi connectivity index (χ0v) is 17.1. The number of phenols is 1. The van der Waals surface area contributed by atoms with E-state index < -0.39 is 10.8 Å². The van der Waals surface area contributed by atoms with Crippen LogP contribution in [-0.4, -0.2) is 27.7 Å². The zero-order valence-electron chi connectivity index (χ0n) is 14.7. The van der Waals surface area contributed by atoms with Gasteiger partial charge in [0.15, 0.2) is 11.7 Å². The Balaban J connectivity index is 1.58. The lowest BCUT2D eigenvalue weighted by molar-refractivity contribution is -0.384. The number of hydrogen-bond acceptors (Lipinski definition) is 6. The van der Waals surface area contributed by atoms with E-state index in [1.54, 1.807) is 6.07 Å². The summed E-state index contributed by atoms with van der Waals surface area (Å²) >= 11 is 8.50. The van der Waals surface area contributed by atoms with Gasteiger partial charge in [-0.15, -0.1) is 0 Å². The summed E-state index contributed by atoms with van der Waals surface area (Å²) in [5.41, 5.74) is -0.142. The summed E-state index contributed by atoms with van der Waals surface area (Å²) in [4.78, 5) is 22.1. The van der Waals surface area contributed by atoms with Crippen molar-refractivity contribution in [3.8, 4) is 11.5 Å². The number of fused-ring (bicyclic) bond motifs is 1. The number of nitro groups is 1. The highest BCUT2D eigenvalue weighted by atomic mass is 79.9. The number of halogens is 1. The van der Waals surface area contributed by atoms with Crippen LogP contribution < -0.4 is 15.4 Å². The fraction of sp³-hybridized carbons (Fsp3) is 0.0526. The Morgan fingerprint density at radius 1 is 1.21 bits per heavy atom.